The van der Waals surface area contributed by atoms with Gasteiger partial charge < -0.3 is 24.3 Å². The van der Waals surface area contributed by atoms with Crippen molar-refractivity contribution < 1.29 is 14.3 Å². The van der Waals surface area contributed by atoms with E-state index in [1.807, 2.05) is 65.4 Å². The van der Waals surface area contributed by atoms with E-state index in [-0.39, 0.29) is 11.8 Å². The summed E-state index contributed by atoms with van der Waals surface area (Å²) >= 11 is 0. The number of carbonyl (C=O) groups is 1. The summed E-state index contributed by atoms with van der Waals surface area (Å²) in [6.45, 7) is 7.30. The molecule has 1 amide bonds. The third kappa shape index (κ3) is 6.71. The average molecular weight is 463 g/mol. The number of benzene rings is 1. The van der Waals surface area contributed by atoms with E-state index in [0.717, 1.165) is 22.6 Å². The van der Waals surface area contributed by atoms with E-state index in [2.05, 4.69) is 23.8 Å². The molecule has 1 aliphatic carbocycles. The van der Waals surface area contributed by atoms with Gasteiger partial charge in [0.2, 0.25) is 5.91 Å². The van der Waals surface area contributed by atoms with Crippen molar-refractivity contribution in [1.82, 2.24) is 14.5 Å². The van der Waals surface area contributed by atoms with Crippen molar-refractivity contribution in [2.45, 2.75) is 26.0 Å². The molecular formula is C27H34N4O3. The van der Waals surface area contributed by atoms with Gasteiger partial charge in [-0.1, -0.05) is 62.1 Å². The SMILES string of the molecule is C=C(Nc1cn(C(C(=O)N(C)C)C2=CC=C(OC)CC=C2)cn1)C(C)COCc1ccccc1. The van der Waals surface area contributed by atoms with Gasteiger partial charge in [0.15, 0.2) is 0 Å². The van der Waals surface area contributed by atoms with Crippen molar-refractivity contribution in [3.05, 3.63) is 96.3 Å². The van der Waals surface area contributed by atoms with E-state index in [0.29, 0.717) is 25.5 Å². The first-order valence-electron chi connectivity index (χ1n) is 11.3. The molecular weight excluding hydrogens is 428 g/mol. The topological polar surface area (TPSA) is 68.6 Å². The number of anilines is 1. The molecule has 7 nitrogen and oxygen atoms in total. The van der Waals surface area contributed by atoms with Gasteiger partial charge in [-0.05, 0) is 17.2 Å². The predicted molar refractivity (Wildman–Crippen MR) is 135 cm³/mol. The van der Waals surface area contributed by atoms with Gasteiger partial charge in [0.05, 0.1) is 32.4 Å². The van der Waals surface area contributed by atoms with Gasteiger partial charge in [0, 0.05) is 38.3 Å². The third-order valence-corrected chi connectivity index (χ3v) is 5.61. The first kappa shape index (κ1) is 25.1. The molecule has 1 aromatic heterocycles. The summed E-state index contributed by atoms with van der Waals surface area (Å²) < 4.78 is 13.0. The van der Waals surface area contributed by atoms with Crippen LogP contribution < -0.4 is 5.32 Å². The highest BCUT2D eigenvalue weighted by molar-refractivity contribution is 5.84. The maximum absolute atomic E-state index is 13.1. The van der Waals surface area contributed by atoms with Gasteiger partial charge in [0.1, 0.15) is 11.9 Å². The molecule has 1 aliphatic rings. The third-order valence-electron chi connectivity index (χ3n) is 5.61. The highest BCUT2D eigenvalue weighted by Crippen LogP contribution is 2.26. The number of hydrogen-bond donors (Lipinski definition) is 1. The number of nitrogens with zero attached hydrogens (tertiary/aromatic N) is 3. The first-order chi connectivity index (χ1) is 16.4. The Bertz CT molecular complexity index is 1070. The van der Waals surface area contributed by atoms with Crippen LogP contribution >= 0.6 is 0 Å². The summed E-state index contributed by atoms with van der Waals surface area (Å²) in [6, 6.07) is 9.54. The van der Waals surface area contributed by atoms with Crippen molar-refractivity contribution in [3.63, 3.8) is 0 Å². The minimum absolute atomic E-state index is 0.0457. The molecule has 2 aromatic rings. The zero-order valence-corrected chi connectivity index (χ0v) is 20.4. The second-order valence-corrected chi connectivity index (χ2v) is 8.50. The van der Waals surface area contributed by atoms with Gasteiger partial charge in [-0.3, -0.25) is 4.79 Å². The number of carbonyl (C=O) groups excluding carboxylic acids is 1. The lowest BCUT2D eigenvalue weighted by molar-refractivity contribution is -0.131. The van der Waals surface area contributed by atoms with Crippen LogP contribution in [0.2, 0.25) is 0 Å². The summed E-state index contributed by atoms with van der Waals surface area (Å²) in [5.41, 5.74) is 2.80. The lowest BCUT2D eigenvalue weighted by atomic mass is 10.0. The Kier molecular flexibility index (Phi) is 8.87. The molecule has 0 spiro atoms. The van der Waals surface area contributed by atoms with Crippen LogP contribution in [0.1, 0.15) is 24.9 Å². The zero-order valence-electron chi connectivity index (χ0n) is 20.4. The van der Waals surface area contributed by atoms with Gasteiger partial charge in [0.25, 0.3) is 0 Å². The second-order valence-electron chi connectivity index (χ2n) is 8.50. The number of ether oxygens (including phenoxy) is 2. The predicted octanol–water partition coefficient (Wildman–Crippen LogP) is 4.71. The Morgan fingerprint density at radius 1 is 1.26 bits per heavy atom. The zero-order chi connectivity index (χ0) is 24.5. The number of imidazole rings is 1. The summed E-state index contributed by atoms with van der Waals surface area (Å²) in [6.07, 6.45) is 12.0. The van der Waals surface area contributed by atoms with Gasteiger partial charge in [-0.15, -0.1) is 0 Å². The number of methoxy groups -OCH3 is 1. The quantitative estimate of drug-likeness (QED) is 0.524. The molecule has 7 heteroatoms. The van der Waals surface area contributed by atoms with Crippen LogP contribution in [0.25, 0.3) is 0 Å². The molecule has 3 rings (SSSR count). The molecule has 180 valence electrons. The number of amides is 1. The molecule has 0 fully saturated rings. The van der Waals surface area contributed by atoms with E-state index >= 15 is 0 Å². The van der Waals surface area contributed by atoms with Crippen LogP contribution in [0, 0.1) is 5.92 Å². The van der Waals surface area contributed by atoms with E-state index in [1.54, 1.807) is 32.4 Å². The van der Waals surface area contributed by atoms with Crippen LogP contribution in [-0.4, -0.2) is 48.2 Å². The van der Waals surface area contributed by atoms with Crippen molar-refractivity contribution in [2.75, 3.05) is 33.1 Å². The summed E-state index contributed by atoms with van der Waals surface area (Å²) in [5.74, 6) is 1.51. The van der Waals surface area contributed by atoms with Gasteiger partial charge >= 0.3 is 0 Å². The Hall–Kier alpha value is -3.58. The number of nitrogens with one attached hydrogen (secondary N) is 1. The standard InChI is InChI=1S/C27H34N4O3/c1-20(17-34-18-22-10-7-6-8-11-22)21(2)29-25-16-31(19-28-25)26(27(32)30(3)4)23-12-9-13-24(33-5)15-14-23/h6-12,14-16,19-20,26,29H,2,13,17-18H2,1,3-5H3. The molecule has 34 heavy (non-hydrogen) atoms. The molecule has 2 unspecified atom stereocenters. The molecule has 0 aliphatic heterocycles. The number of allylic oxidation sites excluding steroid dienone is 4. The number of likely N-dealkylation sites (N-methyl/N-ethyl adjacent to an activating group) is 1. The lowest BCUT2D eigenvalue weighted by Gasteiger charge is -2.22. The maximum Gasteiger partial charge on any atom is 0.249 e. The Balaban J connectivity index is 1.67. The number of aromatic nitrogens is 2. The van der Waals surface area contributed by atoms with Gasteiger partial charge in [-0.2, -0.15) is 0 Å². The fraction of sp³-hybridized carbons (Fsp3) is 0.333. The largest absolute Gasteiger partial charge is 0.501 e. The van der Waals surface area contributed by atoms with E-state index < -0.39 is 6.04 Å². The van der Waals surface area contributed by atoms with E-state index in [1.165, 1.54) is 0 Å². The molecule has 0 saturated carbocycles. The second kappa shape index (κ2) is 12.0. The van der Waals surface area contributed by atoms with Crippen LogP contribution in [-0.2, 0) is 20.9 Å². The van der Waals surface area contributed by atoms with Crippen LogP contribution in [0.3, 0.4) is 0 Å². The van der Waals surface area contributed by atoms with Gasteiger partial charge in [-0.25, -0.2) is 4.98 Å². The lowest BCUT2D eigenvalue weighted by Crippen LogP contribution is -2.32. The minimum Gasteiger partial charge on any atom is -0.501 e. The molecule has 1 heterocycles. The molecule has 2 atom stereocenters. The van der Waals surface area contributed by atoms with Crippen molar-refractivity contribution in [1.29, 1.82) is 0 Å². The molecule has 0 radical (unpaired) electrons. The van der Waals surface area contributed by atoms with Crippen LogP contribution in [0.5, 0.6) is 0 Å². The first-order valence-corrected chi connectivity index (χ1v) is 11.3. The van der Waals surface area contributed by atoms with Crippen LogP contribution in [0.15, 0.2) is 90.8 Å². The maximum atomic E-state index is 13.1. The summed E-state index contributed by atoms with van der Waals surface area (Å²) in [4.78, 5) is 19.1. The van der Waals surface area contributed by atoms with Crippen LogP contribution in [0.4, 0.5) is 5.82 Å². The smallest absolute Gasteiger partial charge is 0.249 e. The minimum atomic E-state index is -0.540. The molecule has 0 bridgehead atoms. The normalized spacial score (nSPS) is 14.9. The highest BCUT2D eigenvalue weighted by atomic mass is 16.5. The van der Waals surface area contributed by atoms with E-state index in [9.17, 15) is 4.79 Å². The van der Waals surface area contributed by atoms with Crippen molar-refractivity contribution in [3.8, 4) is 0 Å². The molecule has 1 aromatic carbocycles. The number of hydrogen-bond acceptors (Lipinski definition) is 5. The molecule has 1 N–H and O–H groups in total. The van der Waals surface area contributed by atoms with E-state index in [4.69, 9.17) is 9.47 Å². The number of rotatable bonds is 11. The summed E-state index contributed by atoms with van der Waals surface area (Å²) in [7, 11) is 5.15. The van der Waals surface area contributed by atoms with Crippen molar-refractivity contribution in [2.24, 2.45) is 5.92 Å². The van der Waals surface area contributed by atoms with Crippen molar-refractivity contribution >= 4 is 11.7 Å². The highest BCUT2D eigenvalue weighted by Gasteiger charge is 2.26. The Morgan fingerprint density at radius 3 is 2.74 bits per heavy atom. The fourth-order valence-electron chi connectivity index (χ4n) is 3.50. The summed E-state index contributed by atoms with van der Waals surface area (Å²) in [5, 5.41) is 3.26. The molecule has 0 saturated heterocycles. The average Bonchev–Trinajstić information content (AvgIpc) is 3.15. The Labute approximate surface area is 202 Å². The Morgan fingerprint density at radius 2 is 2.03 bits per heavy atom. The fourth-order valence-corrected chi connectivity index (χ4v) is 3.50. The monoisotopic (exact) mass is 462 g/mol.